The predicted octanol–water partition coefficient (Wildman–Crippen LogP) is 1.49. The van der Waals surface area contributed by atoms with Gasteiger partial charge in [-0.1, -0.05) is 0 Å². The number of fused-ring (bicyclic) bond motifs is 4. The van der Waals surface area contributed by atoms with Crippen molar-refractivity contribution in [1.29, 1.82) is 0 Å². The number of piperidine rings is 3. The van der Waals surface area contributed by atoms with E-state index in [-0.39, 0.29) is 6.41 Å². The van der Waals surface area contributed by atoms with Crippen molar-refractivity contribution in [2.45, 2.75) is 19.4 Å². The summed E-state index contributed by atoms with van der Waals surface area (Å²) >= 11 is 0. The molecule has 3 fully saturated rings. The molecule has 0 spiro atoms. The third kappa shape index (κ3) is 3.32. The number of carbonyl (C=O) groups excluding carboxylic acids is 1. The lowest BCUT2D eigenvalue weighted by molar-refractivity contribution is -0.106. The zero-order chi connectivity index (χ0) is 16.2. The van der Waals surface area contributed by atoms with Crippen molar-refractivity contribution in [3.8, 4) is 5.75 Å². The minimum Gasteiger partial charge on any atom is -0.497 e. The highest BCUT2D eigenvalue weighted by Crippen LogP contribution is 2.33. The van der Waals surface area contributed by atoms with E-state index >= 15 is 0 Å². The number of rotatable bonds is 3. The van der Waals surface area contributed by atoms with Crippen LogP contribution in [-0.2, 0) is 11.3 Å². The molecule has 3 aliphatic heterocycles. The standard InChI is InChI=1S/C16H21N3O.CH3NO/c1-20-15-3-2-13-9-17-19(16(13)8-15)11-14-10-18-6-4-12(14)5-7-18;2-1-3/h2-3,8-9,12,14H,4-7,10-11H2,1H3;1H,(H2,2,3). The summed E-state index contributed by atoms with van der Waals surface area (Å²) in [5, 5.41) is 5.79. The molecule has 2 N–H and O–H groups in total. The van der Waals surface area contributed by atoms with Crippen LogP contribution in [0.5, 0.6) is 5.75 Å². The first-order valence-electron chi connectivity index (χ1n) is 8.12. The first-order chi connectivity index (χ1) is 11.2. The molecule has 4 heterocycles. The van der Waals surface area contributed by atoms with Gasteiger partial charge < -0.3 is 15.4 Å². The Kier molecular flexibility index (Phi) is 4.81. The van der Waals surface area contributed by atoms with Gasteiger partial charge in [-0.3, -0.25) is 9.48 Å². The molecule has 1 unspecified atom stereocenters. The van der Waals surface area contributed by atoms with Gasteiger partial charge in [0, 0.05) is 24.5 Å². The van der Waals surface area contributed by atoms with Crippen LogP contribution in [0.4, 0.5) is 0 Å². The van der Waals surface area contributed by atoms with E-state index in [2.05, 4.69) is 32.5 Å². The van der Waals surface area contributed by atoms with E-state index in [0.717, 1.165) is 24.1 Å². The van der Waals surface area contributed by atoms with Crippen LogP contribution >= 0.6 is 0 Å². The second-order valence-electron chi connectivity index (χ2n) is 6.29. The van der Waals surface area contributed by atoms with Crippen LogP contribution in [0.1, 0.15) is 12.8 Å². The molecule has 6 heteroatoms. The maximum absolute atomic E-state index is 8.58. The molecule has 1 aromatic heterocycles. The van der Waals surface area contributed by atoms with Crippen molar-refractivity contribution in [3.05, 3.63) is 24.4 Å². The number of hydrogen-bond acceptors (Lipinski definition) is 4. The van der Waals surface area contributed by atoms with Crippen LogP contribution in [-0.4, -0.2) is 47.8 Å². The summed E-state index contributed by atoms with van der Waals surface area (Å²) in [6.07, 6.45) is 4.95. The fourth-order valence-corrected chi connectivity index (χ4v) is 3.84. The van der Waals surface area contributed by atoms with Crippen molar-refractivity contribution >= 4 is 17.3 Å². The van der Waals surface area contributed by atoms with Crippen LogP contribution in [0.15, 0.2) is 24.4 Å². The summed E-state index contributed by atoms with van der Waals surface area (Å²) < 4.78 is 7.51. The van der Waals surface area contributed by atoms with Gasteiger partial charge in [0.15, 0.2) is 0 Å². The van der Waals surface area contributed by atoms with E-state index in [1.54, 1.807) is 7.11 Å². The summed E-state index contributed by atoms with van der Waals surface area (Å²) in [7, 11) is 1.72. The SMILES string of the molecule is COc1ccc2cnn(CC3CN4CCC3CC4)c2c1.NC=O. The zero-order valence-electron chi connectivity index (χ0n) is 13.5. The number of nitrogens with two attached hydrogens (primary N) is 1. The van der Waals surface area contributed by atoms with Gasteiger partial charge in [-0.05, 0) is 49.9 Å². The van der Waals surface area contributed by atoms with E-state index in [9.17, 15) is 0 Å². The molecule has 124 valence electrons. The molecule has 0 saturated carbocycles. The predicted molar refractivity (Wildman–Crippen MR) is 89.2 cm³/mol. The van der Waals surface area contributed by atoms with E-state index in [1.165, 1.54) is 43.4 Å². The summed E-state index contributed by atoms with van der Waals surface area (Å²) in [6.45, 7) is 4.89. The van der Waals surface area contributed by atoms with Crippen molar-refractivity contribution < 1.29 is 9.53 Å². The molecule has 1 atom stereocenters. The summed E-state index contributed by atoms with van der Waals surface area (Å²) in [4.78, 5) is 11.2. The highest BCUT2D eigenvalue weighted by Gasteiger charge is 2.34. The Morgan fingerprint density at radius 1 is 1.39 bits per heavy atom. The Bertz CT molecular complexity index is 662. The number of primary amides is 1. The average Bonchev–Trinajstić information content (AvgIpc) is 2.99. The van der Waals surface area contributed by atoms with E-state index in [4.69, 9.17) is 9.53 Å². The van der Waals surface area contributed by atoms with Crippen LogP contribution < -0.4 is 10.5 Å². The Morgan fingerprint density at radius 3 is 2.74 bits per heavy atom. The summed E-state index contributed by atoms with van der Waals surface area (Å²) in [6, 6.07) is 6.19. The normalized spacial score (nSPS) is 25.7. The number of amides is 1. The minimum absolute atomic E-state index is 0.250. The molecule has 23 heavy (non-hydrogen) atoms. The highest BCUT2D eigenvalue weighted by molar-refractivity contribution is 5.80. The van der Waals surface area contributed by atoms with E-state index in [1.807, 2.05) is 12.3 Å². The molecular formula is C17H24N4O2. The molecule has 1 amide bonds. The monoisotopic (exact) mass is 316 g/mol. The number of nitrogens with zero attached hydrogens (tertiary/aromatic N) is 3. The minimum atomic E-state index is 0.250. The van der Waals surface area contributed by atoms with Crippen molar-refractivity contribution in [2.24, 2.45) is 17.6 Å². The molecule has 0 radical (unpaired) electrons. The van der Waals surface area contributed by atoms with Gasteiger partial charge in [0.2, 0.25) is 6.41 Å². The van der Waals surface area contributed by atoms with Gasteiger partial charge in [0.25, 0.3) is 0 Å². The Labute approximate surface area is 136 Å². The summed E-state index contributed by atoms with van der Waals surface area (Å²) in [5.41, 5.74) is 5.36. The molecule has 2 bridgehead atoms. The van der Waals surface area contributed by atoms with Crippen LogP contribution in [0.3, 0.4) is 0 Å². The molecule has 3 saturated heterocycles. The third-order valence-electron chi connectivity index (χ3n) is 5.05. The lowest BCUT2D eigenvalue weighted by atomic mass is 9.79. The maximum Gasteiger partial charge on any atom is 0.204 e. The van der Waals surface area contributed by atoms with E-state index < -0.39 is 0 Å². The lowest BCUT2D eigenvalue weighted by Gasteiger charge is -2.44. The summed E-state index contributed by atoms with van der Waals surface area (Å²) in [5.74, 6) is 2.56. The second-order valence-corrected chi connectivity index (χ2v) is 6.29. The molecule has 3 aliphatic rings. The van der Waals surface area contributed by atoms with Crippen LogP contribution in [0.25, 0.3) is 10.9 Å². The molecule has 5 rings (SSSR count). The van der Waals surface area contributed by atoms with Gasteiger partial charge in [-0.2, -0.15) is 5.10 Å². The Hall–Kier alpha value is -2.08. The molecular weight excluding hydrogens is 292 g/mol. The fraction of sp³-hybridized carbons (Fsp3) is 0.529. The Morgan fingerprint density at radius 2 is 2.13 bits per heavy atom. The number of ether oxygens (including phenoxy) is 1. The lowest BCUT2D eigenvalue weighted by Crippen LogP contribution is -2.48. The molecule has 6 nitrogen and oxygen atoms in total. The number of hydrogen-bond donors (Lipinski definition) is 1. The number of benzene rings is 1. The van der Waals surface area contributed by atoms with Crippen LogP contribution in [0.2, 0.25) is 0 Å². The first-order valence-corrected chi connectivity index (χ1v) is 8.12. The van der Waals surface area contributed by atoms with Crippen LogP contribution in [0, 0.1) is 11.8 Å². The largest absolute Gasteiger partial charge is 0.497 e. The van der Waals surface area contributed by atoms with Crippen molar-refractivity contribution in [1.82, 2.24) is 14.7 Å². The van der Waals surface area contributed by atoms with Gasteiger partial charge in [-0.25, -0.2) is 0 Å². The van der Waals surface area contributed by atoms with E-state index in [0.29, 0.717) is 0 Å². The zero-order valence-corrected chi connectivity index (χ0v) is 13.5. The number of methoxy groups -OCH3 is 1. The average molecular weight is 316 g/mol. The van der Waals surface area contributed by atoms with Gasteiger partial charge in [0.1, 0.15) is 5.75 Å². The molecule has 0 aliphatic carbocycles. The second kappa shape index (κ2) is 7.00. The first kappa shape index (κ1) is 15.8. The van der Waals surface area contributed by atoms with Crippen molar-refractivity contribution in [2.75, 3.05) is 26.7 Å². The number of carbonyl (C=O) groups is 1. The third-order valence-corrected chi connectivity index (χ3v) is 5.05. The number of aromatic nitrogens is 2. The highest BCUT2D eigenvalue weighted by atomic mass is 16.5. The smallest absolute Gasteiger partial charge is 0.204 e. The van der Waals surface area contributed by atoms with Gasteiger partial charge >= 0.3 is 0 Å². The Balaban J connectivity index is 0.000000485. The van der Waals surface area contributed by atoms with Gasteiger partial charge in [0.05, 0.1) is 18.8 Å². The van der Waals surface area contributed by atoms with Gasteiger partial charge in [-0.15, -0.1) is 0 Å². The van der Waals surface area contributed by atoms with Crippen molar-refractivity contribution in [3.63, 3.8) is 0 Å². The quantitative estimate of drug-likeness (QED) is 0.871. The fourth-order valence-electron chi connectivity index (χ4n) is 3.84. The molecule has 1 aromatic carbocycles. The molecule has 2 aromatic rings. The maximum atomic E-state index is 8.58. The topological polar surface area (TPSA) is 73.4 Å².